The van der Waals surface area contributed by atoms with Gasteiger partial charge in [-0.2, -0.15) is 0 Å². The maximum absolute atomic E-state index is 13.8. The van der Waals surface area contributed by atoms with E-state index in [0.29, 0.717) is 11.0 Å². The molecule has 2 heterocycles. The van der Waals surface area contributed by atoms with Gasteiger partial charge in [-0.3, -0.25) is 0 Å². The Labute approximate surface area is 85.1 Å². The summed E-state index contributed by atoms with van der Waals surface area (Å²) in [7, 11) is 1.20. The molecule has 0 atom stereocenters. The van der Waals surface area contributed by atoms with Gasteiger partial charge in [-0.25, -0.2) is 14.2 Å². The highest BCUT2D eigenvalue weighted by atomic mass is 19.1. The van der Waals surface area contributed by atoms with Crippen LogP contribution < -0.4 is 0 Å². The first-order valence-corrected chi connectivity index (χ1v) is 4.35. The molecule has 0 aliphatic heterocycles. The van der Waals surface area contributed by atoms with Crippen LogP contribution in [0.2, 0.25) is 0 Å². The summed E-state index contributed by atoms with van der Waals surface area (Å²) in [5.74, 6) is -1.32. The number of nitrogens with one attached hydrogen (secondary N) is 1. The van der Waals surface area contributed by atoms with E-state index in [1.165, 1.54) is 13.3 Å². The van der Waals surface area contributed by atoms with Crippen molar-refractivity contribution in [2.75, 3.05) is 7.11 Å². The van der Waals surface area contributed by atoms with E-state index in [2.05, 4.69) is 14.7 Å². The highest BCUT2D eigenvalue weighted by Gasteiger charge is 2.16. The fourth-order valence-electron chi connectivity index (χ4n) is 1.43. The lowest BCUT2D eigenvalue weighted by molar-refractivity contribution is 0.0595. The Morgan fingerprint density at radius 3 is 3.00 bits per heavy atom. The highest BCUT2D eigenvalue weighted by Crippen LogP contribution is 2.20. The molecule has 1 N–H and O–H groups in total. The standard InChI is InChI=1S/C10H9FN2O2/c1-5-3-6-8(11)7(10(14)15-2)4-12-9(6)13-5/h3-4H,1-2H3,(H,12,13). The number of aromatic nitrogens is 2. The molecule has 0 fully saturated rings. The first-order chi connectivity index (χ1) is 7.13. The van der Waals surface area contributed by atoms with Crippen LogP contribution in [0.5, 0.6) is 0 Å². The Bertz CT molecular complexity index is 533. The normalized spacial score (nSPS) is 10.6. The minimum atomic E-state index is -0.722. The van der Waals surface area contributed by atoms with Crippen LogP contribution in [0, 0.1) is 12.7 Å². The Morgan fingerprint density at radius 1 is 1.60 bits per heavy atom. The van der Waals surface area contributed by atoms with E-state index in [-0.39, 0.29) is 5.56 Å². The molecule has 0 aromatic carbocycles. The third-order valence-corrected chi connectivity index (χ3v) is 2.13. The predicted molar refractivity (Wildman–Crippen MR) is 52.1 cm³/mol. The van der Waals surface area contributed by atoms with Crippen LogP contribution in [0.1, 0.15) is 16.1 Å². The van der Waals surface area contributed by atoms with Gasteiger partial charge >= 0.3 is 5.97 Å². The summed E-state index contributed by atoms with van der Waals surface area (Å²) in [6, 6.07) is 1.60. The van der Waals surface area contributed by atoms with Gasteiger partial charge in [-0.1, -0.05) is 0 Å². The van der Waals surface area contributed by atoms with Crippen molar-refractivity contribution in [1.82, 2.24) is 9.97 Å². The van der Waals surface area contributed by atoms with Crippen molar-refractivity contribution in [3.63, 3.8) is 0 Å². The number of halogens is 1. The molecule has 0 unspecified atom stereocenters. The zero-order chi connectivity index (χ0) is 11.0. The number of ether oxygens (including phenoxy) is 1. The number of aromatic amines is 1. The molecule has 4 nitrogen and oxygen atoms in total. The molecule has 5 heteroatoms. The second-order valence-corrected chi connectivity index (χ2v) is 3.19. The lowest BCUT2D eigenvalue weighted by Gasteiger charge is -2.00. The molecule has 15 heavy (non-hydrogen) atoms. The molecular weight excluding hydrogens is 199 g/mol. The van der Waals surface area contributed by atoms with Gasteiger partial charge in [0.25, 0.3) is 0 Å². The molecule has 78 valence electrons. The van der Waals surface area contributed by atoms with E-state index < -0.39 is 11.8 Å². The lowest BCUT2D eigenvalue weighted by atomic mass is 10.2. The largest absolute Gasteiger partial charge is 0.465 e. The van der Waals surface area contributed by atoms with Gasteiger partial charge < -0.3 is 9.72 Å². The molecule has 0 spiro atoms. The number of pyridine rings is 1. The summed E-state index contributed by atoms with van der Waals surface area (Å²) in [6.45, 7) is 1.79. The second kappa shape index (κ2) is 3.34. The second-order valence-electron chi connectivity index (χ2n) is 3.19. The van der Waals surface area contributed by atoms with E-state index in [9.17, 15) is 9.18 Å². The summed E-state index contributed by atoms with van der Waals surface area (Å²) < 4.78 is 18.2. The number of carbonyl (C=O) groups excluding carboxylic acids is 1. The van der Waals surface area contributed by atoms with Crippen molar-refractivity contribution < 1.29 is 13.9 Å². The minimum Gasteiger partial charge on any atom is -0.465 e. The lowest BCUT2D eigenvalue weighted by Crippen LogP contribution is -2.05. The van der Waals surface area contributed by atoms with Crippen molar-refractivity contribution in [3.8, 4) is 0 Å². The number of aryl methyl sites for hydroxylation is 1. The van der Waals surface area contributed by atoms with Gasteiger partial charge in [0.15, 0.2) is 0 Å². The number of hydrogen-bond acceptors (Lipinski definition) is 3. The van der Waals surface area contributed by atoms with Gasteiger partial charge in [0.05, 0.1) is 12.5 Å². The third-order valence-electron chi connectivity index (χ3n) is 2.13. The maximum Gasteiger partial charge on any atom is 0.342 e. The molecule has 0 saturated heterocycles. The van der Waals surface area contributed by atoms with Crippen molar-refractivity contribution in [2.24, 2.45) is 0 Å². The quantitative estimate of drug-likeness (QED) is 0.727. The summed E-state index contributed by atoms with van der Waals surface area (Å²) in [4.78, 5) is 18.0. The summed E-state index contributed by atoms with van der Waals surface area (Å²) in [6.07, 6.45) is 1.17. The number of carbonyl (C=O) groups is 1. The molecule has 0 saturated carbocycles. The number of esters is 1. The topological polar surface area (TPSA) is 55.0 Å². The molecule has 2 rings (SSSR count). The molecule has 0 aliphatic carbocycles. The molecule has 0 amide bonds. The highest BCUT2D eigenvalue weighted by molar-refractivity contribution is 5.93. The fraction of sp³-hybridized carbons (Fsp3) is 0.200. The van der Waals surface area contributed by atoms with Crippen LogP contribution in [-0.2, 0) is 4.74 Å². The van der Waals surface area contributed by atoms with E-state index in [4.69, 9.17) is 0 Å². The minimum absolute atomic E-state index is 0.149. The van der Waals surface area contributed by atoms with Crippen molar-refractivity contribution >= 4 is 17.0 Å². The average molecular weight is 208 g/mol. The molecule has 0 bridgehead atoms. The Kier molecular flexibility index (Phi) is 2.15. The van der Waals surface area contributed by atoms with Crippen LogP contribution in [0.25, 0.3) is 11.0 Å². The Morgan fingerprint density at radius 2 is 2.33 bits per heavy atom. The molecule has 0 radical (unpaired) electrons. The Balaban J connectivity index is 2.69. The number of nitrogens with zero attached hydrogens (tertiary/aromatic N) is 1. The van der Waals surface area contributed by atoms with Gasteiger partial charge in [-0.05, 0) is 13.0 Å². The van der Waals surface area contributed by atoms with Crippen LogP contribution >= 0.6 is 0 Å². The summed E-state index contributed by atoms with van der Waals surface area (Å²) in [5, 5.41) is 0.301. The van der Waals surface area contributed by atoms with Crippen LogP contribution in [0.3, 0.4) is 0 Å². The van der Waals surface area contributed by atoms with Crippen molar-refractivity contribution in [3.05, 3.63) is 29.3 Å². The number of hydrogen-bond donors (Lipinski definition) is 1. The van der Waals surface area contributed by atoms with Gasteiger partial charge in [-0.15, -0.1) is 0 Å². The zero-order valence-electron chi connectivity index (χ0n) is 8.30. The van der Waals surface area contributed by atoms with Gasteiger partial charge in [0.1, 0.15) is 17.0 Å². The van der Waals surface area contributed by atoms with Crippen molar-refractivity contribution in [1.29, 1.82) is 0 Å². The molecule has 2 aromatic rings. The Hall–Kier alpha value is -1.91. The zero-order valence-corrected chi connectivity index (χ0v) is 8.30. The maximum atomic E-state index is 13.8. The van der Waals surface area contributed by atoms with E-state index in [0.717, 1.165) is 5.69 Å². The van der Waals surface area contributed by atoms with Gasteiger partial charge in [0, 0.05) is 11.9 Å². The van der Waals surface area contributed by atoms with Crippen LogP contribution in [0.4, 0.5) is 4.39 Å². The first-order valence-electron chi connectivity index (χ1n) is 4.35. The fourth-order valence-corrected chi connectivity index (χ4v) is 1.43. The number of fused-ring (bicyclic) bond motifs is 1. The average Bonchev–Trinajstić information content (AvgIpc) is 2.59. The first kappa shape index (κ1) is 9.64. The number of H-pyrrole nitrogens is 1. The number of methoxy groups -OCH3 is 1. The smallest absolute Gasteiger partial charge is 0.342 e. The summed E-state index contributed by atoms with van der Waals surface area (Å²) >= 11 is 0. The molecule has 2 aromatic heterocycles. The monoisotopic (exact) mass is 208 g/mol. The third kappa shape index (κ3) is 1.45. The molecular formula is C10H9FN2O2. The SMILES string of the molecule is COC(=O)c1cnc2[nH]c(C)cc2c1F. The molecule has 0 aliphatic rings. The van der Waals surface area contributed by atoms with E-state index >= 15 is 0 Å². The van der Waals surface area contributed by atoms with E-state index in [1.807, 2.05) is 0 Å². The van der Waals surface area contributed by atoms with Crippen LogP contribution in [-0.4, -0.2) is 23.0 Å². The van der Waals surface area contributed by atoms with Crippen molar-refractivity contribution in [2.45, 2.75) is 6.92 Å². The summed E-state index contributed by atoms with van der Waals surface area (Å²) in [5.41, 5.74) is 1.07. The predicted octanol–water partition coefficient (Wildman–Crippen LogP) is 1.80. The number of rotatable bonds is 1. The van der Waals surface area contributed by atoms with E-state index in [1.54, 1.807) is 13.0 Å². The van der Waals surface area contributed by atoms with Gasteiger partial charge in [0.2, 0.25) is 0 Å². The van der Waals surface area contributed by atoms with Crippen LogP contribution in [0.15, 0.2) is 12.3 Å².